The van der Waals surface area contributed by atoms with E-state index < -0.39 is 5.97 Å². The Morgan fingerprint density at radius 2 is 2.25 bits per heavy atom. The number of halogens is 1. The summed E-state index contributed by atoms with van der Waals surface area (Å²) in [6.07, 6.45) is 0. The summed E-state index contributed by atoms with van der Waals surface area (Å²) in [6, 6.07) is 2.35. The van der Waals surface area contributed by atoms with Gasteiger partial charge < -0.3 is 5.11 Å². The number of carboxylic acids is 1. The van der Waals surface area contributed by atoms with Crippen molar-refractivity contribution in [3.8, 4) is 0 Å². The molecule has 0 saturated carbocycles. The van der Waals surface area contributed by atoms with E-state index in [1.807, 2.05) is 0 Å². The van der Waals surface area contributed by atoms with Gasteiger partial charge in [-0.05, 0) is 12.1 Å². The third kappa shape index (κ3) is 1.84. The number of hydrogen-bond acceptors (Lipinski definition) is 4. The smallest absolute Gasteiger partial charge is 0.335 e. The van der Waals surface area contributed by atoms with Crippen molar-refractivity contribution in [2.75, 3.05) is 5.48 Å². The van der Waals surface area contributed by atoms with Crippen molar-refractivity contribution in [2.45, 2.75) is 0 Å². The molecular formula is C6H5ClN2O3. The van der Waals surface area contributed by atoms with Crippen LogP contribution in [0.4, 0.5) is 5.82 Å². The van der Waals surface area contributed by atoms with Gasteiger partial charge in [0.15, 0.2) is 5.82 Å². The normalized spacial score (nSPS) is 9.50. The molecule has 0 amide bonds. The van der Waals surface area contributed by atoms with Crippen LogP contribution in [0.1, 0.15) is 10.4 Å². The number of hydrogen-bond donors (Lipinski definition) is 3. The highest BCUT2D eigenvalue weighted by Gasteiger charge is 2.06. The van der Waals surface area contributed by atoms with Gasteiger partial charge >= 0.3 is 5.97 Å². The molecule has 3 N–H and O–H groups in total. The Balaban J connectivity index is 3.15. The molecule has 1 aromatic heterocycles. The first-order valence-electron chi connectivity index (χ1n) is 2.94. The molecule has 6 heteroatoms. The van der Waals surface area contributed by atoms with Crippen molar-refractivity contribution in [1.82, 2.24) is 4.98 Å². The predicted octanol–water partition coefficient (Wildman–Crippen LogP) is 1.23. The minimum Gasteiger partial charge on any atom is -0.478 e. The Morgan fingerprint density at radius 3 is 2.75 bits per heavy atom. The van der Waals surface area contributed by atoms with Crippen LogP contribution in [-0.4, -0.2) is 21.3 Å². The molecule has 0 unspecified atom stereocenters. The SMILES string of the molecule is O=C(O)c1cc(Cl)nc(NO)c1. The average molecular weight is 189 g/mol. The van der Waals surface area contributed by atoms with E-state index in [2.05, 4.69) is 4.98 Å². The van der Waals surface area contributed by atoms with Crippen LogP contribution in [0, 0.1) is 0 Å². The van der Waals surface area contributed by atoms with Crippen molar-refractivity contribution >= 4 is 23.4 Å². The maximum absolute atomic E-state index is 10.4. The molecule has 12 heavy (non-hydrogen) atoms. The molecule has 0 aliphatic heterocycles. The van der Waals surface area contributed by atoms with Crippen molar-refractivity contribution in [3.05, 3.63) is 22.8 Å². The fourth-order valence-electron chi connectivity index (χ4n) is 0.678. The Bertz CT molecular complexity index is 316. The van der Waals surface area contributed by atoms with Gasteiger partial charge in [-0.2, -0.15) is 0 Å². The molecule has 0 saturated heterocycles. The zero-order valence-corrected chi connectivity index (χ0v) is 6.54. The molecule has 1 rings (SSSR count). The van der Waals surface area contributed by atoms with Crippen molar-refractivity contribution in [1.29, 1.82) is 0 Å². The molecule has 0 bridgehead atoms. The van der Waals surface area contributed by atoms with Gasteiger partial charge in [-0.25, -0.2) is 9.78 Å². The highest BCUT2D eigenvalue weighted by molar-refractivity contribution is 6.29. The molecule has 0 spiro atoms. The summed E-state index contributed by atoms with van der Waals surface area (Å²) in [5.74, 6) is -1.13. The van der Waals surface area contributed by atoms with E-state index in [4.69, 9.17) is 21.9 Å². The zero-order valence-electron chi connectivity index (χ0n) is 5.78. The summed E-state index contributed by atoms with van der Waals surface area (Å²) in [6.45, 7) is 0. The lowest BCUT2D eigenvalue weighted by atomic mass is 10.3. The first-order chi connectivity index (χ1) is 5.63. The van der Waals surface area contributed by atoms with E-state index in [9.17, 15) is 4.79 Å². The van der Waals surface area contributed by atoms with E-state index in [0.717, 1.165) is 6.07 Å². The summed E-state index contributed by atoms with van der Waals surface area (Å²) in [5.41, 5.74) is 1.67. The van der Waals surface area contributed by atoms with Crippen LogP contribution < -0.4 is 5.48 Å². The van der Waals surface area contributed by atoms with Crippen molar-refractivity contribution < 1.29 is 15.1 Å². The van der Waals surface area contributed by atoms with Crippen LogP contribution in [0.5, 0.6) is 0 Å². The summed E-state index contributed by atoms with van der Waals surface area (Å²) < 4.78 is 0. The molecule has 0 radical (unpaired) electrons. The molecule has 64 valence electrons. The monoisotopic (exact) mass is 188 g/mol. The predicted molar refractivity (Wildman–Crippen MR) is 41.6 cm³/mol. The van der Waals surface area contributed by atoms with Gasteiger partial charge in [0.2, 0.25) is 0 Å². The van der Waals surface area contributed by atoms with Gasteiger partial charge in [0.25, 0.3) is 0 Å². The number of nitrogens with one attached hydrogen (secondary N) is 1. The fraction of sp³-hybridized carbons (Fsp3) is 0. The van der Waals surface area contributed by atoms with Crippen LogP contribution in [0.25, 0.3) is 0 Å². The van der Waals surface area contributed by atoms with E-state index in [0.29, 0.717) is 0 Å². The van der Waals surface area contributed by atoms with Gasteiger partial charge in [-0.3, -0.25) is 10.7 Å². The Hall–Kier alpha value is -1.33. The molecule has 0 fully saturated rings. The third-order valence-electron chi connectivity index (χ3n) is 1.16. The zero-order chi connectivity index (χ0) is 9.14. The maximum Gasteiger partial charge on any atom is 0.335 e. The Morgan fingerprint density at radius 1 is 1.58 bits per heavy atom. The van der Waals surface area contributed by atoms with E-state index >= 15 is 0 Å². The second-order valence-corrected chi connectivity index (χ2v) is 2.37. The fourth-order valence-corrected chi connectivity index (χ4v) is 0.886. The van der Waals surface area contributed by atoms with Crippen molar-refractivity contribution in [3.63, 3.8) is 0 Å². The van der Waals surface area contributed by atoms with E-state index in [-0.39, 0.29) is 16.5 Å². The standard InChI is InChI=1S/C6H5ClN2O3/c7-4-1-3(6(10)11)2-5(8-4)9-12/h1-2,12H,(H,8,9)(H,10,11). The topological polar surface area (TPSA) is 82.5 Å². The van der Waals surface area contributed by atoms with Crippen molar-refractivity contribution in [2.24, 2.45) is 0 Å². The average Bonchev–Trinajstić information content (AvgIpc) is 2.03. The number of pyridine rings is 1. The quantitative estimate of drug-likeness (QED) is 0.480. The summed E-state index contributed by atoms with van der Waals surface area (Å²) in [7, 11) is 0. The van der Waals surface area contributed by atoms with Crippen LogP contribution in [-0.2, 0) is 0 Å². The van der Waals surface area contributed by atoms with Crippen LogP contribution in [0.3, 0.4) is 0 Å². The highest BCUT2D eigenvalue weighted by Crippen LogP contribution is 2.13. The van der Waals surface area contributed by atoms with Gasteiger partial charge in [-0.15, -0.1) is 0 Å². The maximum atomic E-state index is 10.4. The van der Waals surface area contributed by atoms with Gasteiger partial charge in [0.05, 0.1) is 5.56 Å². The Kier molecular flexibility index (Phi) is 2.47. The van der Waals surface area contributed by atoms with E-state index in [1.165, 1.54) is 6.07 Å². The third-order valence-corrected chi connectivity index (χ3v) is 1.35. The summed E-state index contributed by atoms with van der Waals surface area (Å²) in [4.78, 5) is 14.0. The lowest BCUT2D eigenvalue weighted by Crippen LogP contribution is -2.00. The lowest BCUT2D eigenvalue weighted by molar-refractivity contribution is 0.0697. The Labute approximate surface area is 72.6 Å². The number of aromatic carboxylic acids is 1. The molecule has 1 heterocycles. The molecule has 0 atom stereocenters. The molecule has 0 aromatic carbocycles. The second-order valence-electron chi connectivity index (χ2n) is 1.98. The molecule has 0 aliphatic carbocycles. The number of carboxylic acid groups (broad SMARTS) is 1. The highest BCUT2D eigenvalue weighted by atomic mass is 35.5. The lowest BCUT2D eigenvalue weighted by Gasteiger charge is -1.99. The number of carbonyl (C=O) groups is 1. The molecule has 0 aliphatic rings. The number of anilines is 1. The van der Waals surface area contributed by atoms with Gasteiger partial charge in [-0.1, -0.05) is 11.6 Å². The largest absolute Gasteiger partial charge is 0.478 e. The number of rotatable bonds is 2. The minimum absolute atomic E-state index is 0.0000926. The van der Waals surface area contributed by atoms with Gasteiger partial charge in [0.1, 0.15) is 5.15 Å². The van der Waals surface area contributed by atoms with Crippen LogP contribution in [0.2, 0.25) is 5.15 Å². The number of aromatic nitrogens is 1. The summed E-state index contributed by atoms with van der Waals surface area (Å²) >= 11 is 5.45. The minimum atomic E-state index is -1.13. The van der Waals surface area contributed by atoms with Crippen LogP contribution in [0.15, 0.2) is 12.1 Å². The summed E-state index contributed by atoms with van der Waals surface area (Å²) in [5, 5.41) is 16.9. The first-order valence-corrected chi connectivity index (χ1v) is 3.32. The van der Waals surface area contributed by atoms with E-state index in [1.54, 1.807) is 5.48 Å². The molecular weight excluding hydrogens is 184 g/mol. The molecule has 5 nitrogen and oxygen atoms in total. The second kappa shape index (κ2) is 3.38. The molecule has 1 aromatic rings. The first kappa shape index (κ1) is 8.76. The van der Waals surface area contributed by atoms with Gasteiger partial charge in [0, 0.05) is 0 Å². The number of nitrogens with zero attached hydrogens (tertiary/aromatic N) is 1. The van der Waals surface area contributed by atoms with Crippen LogP contribution >= 0.6 is 11.6 Å².